The fraction of sp³-hybridized carbons (Fsp3) is 0.905. The molecule has 29 heavy (non-hydrogen) atoms. The van der Waals surface area contributed by atoms with Gasteiger partial charge in [-0.05, 0) is 59.4 Å². The number of ether oxygens (including phenoxy) is 1. The third-order valence-electron chi connectivity index (χ3n) is 5.41. The van der Waals surface area contributed by atoms with Crippen molar-refractivity contribution in [2.75, 3.05) is 33.2 Å². The van der Waals surface area contributed by atoms with Crippen LogP contribution < -0.4 is 16.0 Å². The molecule has 0 aromatic carbocycles. The van der Waals surface area contributed by atoms with E-state index >= 15 is 0 Å². The van der Waals surface area contributed by atoms with E-state index in [0.29, 0.717) is 12.6 Å². The SMILES string of the molecule is CCCN1CCC(NC(=NC)NCC(CC)(CC)NC(=O)OC(C)(C)C)CC1.I. The van der Waals surface area contributed by atoms with Gasteiger partial charge in [0.25, 0.3) is 0 Å². The Kier molecular flexibility index (Phi) is 13.2. The maximum Gasteiger partial charge on any atom is 0.408 e. The first-order valence-corrected chi connectivity index (χ1v) is 10.9. The summed E-state index contributed by atoms with van der Waals surface area (Å²) in [5.74, 6) is 0.797. The minimum Gasteiger partial charge on any atom is -0.444 e. The Balaban J connectivity index is 0.00000784. The van der Waals surface area contributed by atoms with Crippen molar-refractivity contribution in [3.63, 3.8) is 0 Å². The van der Waals surface area contributed by atoms with Crippen molar-refractivity contribution in [1.82, 2.24) is 20.9 Å². The van der Waals surface area contributed by atoms with Crippen LogP contribution in [0.3, 0.4) is 0 Å². The monoisotopic (exact) mass is 525 g/mol. The fourth-order valence-corrected chi connectivity index (χ4v) is 3.50. The van der Waals surface area contributed by atoms with Crippen molar-refractivity contribution < 1.29 is 9.53 Å². The van der Waals surface area contributed by atoms with Crippen LogP contribution in [0.5, 0.6) is 0 Å². The molecule has 8 heteroatoms. The highest BCUT2D eigenvalue weighted by molar-refractivity contribution is 14.0. The normalized spacial score (nSPS) is 16.7. The molecule has 1 aliphatic heterocycles. The molecule has 0 spiro atoms. The molecule has 1 amide bonds. The van der Waals surface area contributed by atoms with E-state index in [1.165, 1.54) is 13.0 Å². The maximum absolute atomic E-state index is 12.3. The molecule has 0 aliphatic carbocycles. The van der Waals surface area contributed by atoms with Crippen molar-refractivity contribution in [2.24, 2.45) is 4.99 Å². The molecule has 0 unspecified atom stereocenters. The van der Waals surface area contributed by atoms with Crippen LogP contribution in [0, 0.1) is 0 Å². The number of likely N-dealkylation sites (tertiary alicyclic amines) is 1. The molecule has 1 saturated heterocycles. The first-order chi connectivity index (χ1) is 13.2. The third-order valence-corrected chi connectivity index (χ3v) is 5.41. The number of carbonyl (C=O) groups is 1. The number of nitrogens with one attached hydrogen (secondary N) is 3. The molecule has 0 atom stereocenters. The zero-order valence-corrected chi connectivity index (χ0v) is 21.9. The van der Waals surface area contributed by atoms with Gasteiger partial charge in [0.05, 0.1) is 5.54 Å². The van der Waals surface area contributed by atoms with Crippen molar-refractivity contribution in [3.8, 4) is 0 Å². The lowest BCUT2D eigenvalue weighted by Gasteiger charge is -2.36. The Morgan fingerprint density at radius 1 is 1.14 bits per heavy atom. The molecule has 0 radical (unpaired) electrons. The van der Waals surface area contributed by atoms with Crippen LogP contribution >= 0.6 is 24.0 Å². The van der Waals surface area contributed by atoms with E-state index < -0.39 is 5.60 Å². The van der Waals surface area contributed by atoms with Gasteiger partial charge in [0.15, 0.2) is 5.96 Å². The quantitative estimate of drug-likeness (QED) is 0.256. The van der Waals surface area contributed by atoms with Crippen molar-refractivity contribution in [3.05, 3.63) is 0 Å². The number of alkyl carbamates (subject to hydrolysis) is 1. The first kappa shape index (κ1) is 28.2. The second-order valence-corrected chi connectivity index (χ2v) is 8.80. The number of amides is 1. The van der Waals surface area contributed by atoms with E-state index in [0.717, 1.165) is 44.7 Å². The number of hydrogen-bond donors (Lipinski definition) is 3. The zero-order valence-electron chi connectivity index (χ0n) is 19.6. The summed E-state index contributed by atoms with van der Waals surface area (Å²) in [5.41, 5.74) is -0.876. The number of rotatable bonds is 8. The van der Waals surface area contributed by atoms with Crippen molar-refractivity contribution in [1.29, 1.82) is 0 Å². The summed E-state index contributed by atoms with van der Waals surface area (Å²) in [6.45, 7) is 16.1. The predicted octanol–water partition coefficient (Wildman–Crippen LogP) is 3.73. The van der Waals surface area contributed by atoms with E-state index in [9.17, 15) is 4.79 Å². The number of piperidine rings is 1. The molecule has 7 nitrogen and oxygen atoms in total. The number of carbonyl (C=O) groups excluding carboxylic acids is 1. The Hall–Kier alpha value is -0.770. The van der Waals surface area contributed by atoms with Crippen molar-refractivity contribution >= 4 is 36.0 Å². The molecule has 1 heterocycles. The van der Waals surface area contributed by atoms with Gasteiger partial charge in [-0.1, -0.05) is 20.8 Å². The topological polar surface area (TPSA) is 78.0 Å². The van der Waals surface area contributed by atoms with Gasteiger partial charge >= 0.3 is 6.09 Å². The molecule has 172 valence electrons. The van der Waals surface area contributed by atoms with Gasteiger partial charge in [-0.2, -0.15) is 0 Å². The average Bonchev–Trinajstić information content (AvgIpc) is 2.64. The molecule has 0 aromatic heterocycles. The second-order valence-electron chi connectivity index (χ2n) is 8.80. The molecular weight excluding hydrogens is 481 g/mol. The van der Waals surface area contributed by atoms with Gasteiger partial charge in [0.2, 0.25) is 0 Å². The first-order valence-electron chi connectivity index (χ1n) is 10.9. The van der Waals surface area contributed by atoms with Gasteiger partial charge in [0.1, 0.15) is 5.60 Å². The number of halogens is 1. The fourth-order valence-electron chi connectivity index (χ4n) is 3.50. The Labute approximate surface area is 195 Å². The van der Waals surface area contributed by atoms with Crippen LogP contribution in [0.1, 0.15) is 73.6 Å². The van der Waals surface area contributed by atoms with E-state index in [4.69, 9.17) is 4.74 Å². The molecule has 1 rings (SSSR count). The smallest absolute Gasteiger partial charge is 0.408 e. The van der Waals surface area contributed by atoms with Crippen LogP contribution in [-0.2, 0) is 4.74 Å². The minimum atomic E-state index is -0.505. The molecule has 0 aromatic rings. The van der Waals surface area contributed by atoms with E-state index in [1.54, 1.807) is 7.05 Å². The summed E-state index contributed by atoms with van der Waals surface area (Å²) >= 11 is 0. The Bertz CT molecular complexity index is 496. The summed E-state index contributed by atoms with van der Waals surface area (Å²) in [6.07, 6.45) is 4.71. The van der Waals surface area contributed by atoms with Gasteiger partial charge in [-0.25, -0.2) is 4.79 Å². The molecule has 1 aliphatic rings. The number of guanidine groups is 1. The summed E-state index contributed by atoms with van der Waals surface area (Å²) in [5, 5.41) is 10.0. The summed E-state index contributed by atoms with van der Waals surface area (Å²) in [6, 6.07) is 0.441. The lowest BCUT2D eigenvalue weighted by Crippen LogP contribution is -2.58. The predicted molar refractivity (Wildman–Crippen MR) is 132 cm³/mol. The maximum atomic E-state index is 12.3. The second kappa shape index (κ2) is 13.5. The number of aliphatic imine (C=N–C) groups is 1. The Morgan fingerprint density at radius 2 is 1.72 bits per heavy atom. The summed E-state index contributed by atoms with van der Waals surface area (Å²) < 4.78 is 5.45. The van der Waals surface area contributed by atoms with E-state index in [2.05, 4.69) is 46.6 Å². The molecular formula is C21H44IN5O2. The van der Waals surface area contributed by atoms with Crippen molar-refractivity contribution in [2.45, 2.75) is 90.8 Å². The lowest BCUT2D eigenvalue weighted by atomic mass is 9.93. The van der Waals surface area contributed by atoms with Crippen LogP contribution in [-0.4, -0.2) is 67.4 Å². The largest absolute Gasteiger partial charge is 0.444 e. The van der Waals surface area contributed by atoms with Gasteiger partial charge in [-0.3, -0.25) is 4.99 Å². The minimum absolute atomic E-state index is 0. The number of hydrogen-bond acceptors (Lipinski definition) is 4. The highest BCUT2D eigenvalue weighted by Crippen LogP contribution is 2.16. The van der Waals surface area contributed by atoms with Crippen LogP contribution in [0.25, 0.3) is 0 Å². The highest BCUT2D eigenvalue weighted by Gasteiger charge is 2.31. The molecule has 1 fully saturated rings. The standard InChI is InChI=1S/C21H43N5O2.HI/c1-8-13-26-14-11-17(12-15-26)24-18(22-7)23-16-21(9-2,10-3)25-19(27)28-20(4,5)6;/h17H,8-16H2,1-7H3,(H,25,27)(H2,22,23,24);1H. The molecule has 0 saturated carbocycles. The van der Waals surface area contributed by atoms with E-state index in [1.807, 2.05) is 20.8 Å². The highest BCUT2D eigenvalue weighted by atomic mass is 127. The van der Waals surface area contributed by atoms with Crippen LogP contribution in [0.2, 0.25) is 0 Å². The lowest BCUT2D eigenvalue weighted by molar-refractivity contribution is 0.0448. The average molecular weight is 526 g/mol. The van der Waals surface area contributed by atoms with Crippen LogP contribution in [0.15, 0.2) is 4.99 Å². The zero-order chi connectivity index (χ0) is 21.2. The molecule has 3 N–H and O–H groups in total. The third kappa shape index (κ3) is 10.7. The van der Waals surface area contributed by atoms with Gasteiger partial charge in [-0.15, -0.1) is 24.0 Å². The van der Waals surface area contributed by atoms with Crippen LogP contribution in [0.4, 0.5) is 4.79 Å². The number of nitrogens with zero attached hydrogens (tertiary/aromatic N) is 2. The van der Waals surface area contributed by atoms with Gasteiger partial charge < -0.3 is 25.6 Å². The summed E-state index contributed by atoms with van der Waals surface area (Å²) in [4.78, 5) is 19.2. The summed E-state index contributed by atoms with van der Waals surface area (Å²) in [7, 11) is 1.79. The molecule has 0 bridgehead atoms. The Morgan fingerprint density at radius 3 is 2.17 bits per heavy atom. The van der Waals surface area contributed by atoms with Gasteiger partial charge in [0, 0.05) is 32.7 Å². The van der Waals surface area contributed by atoms with E-state index in [-0.39, 0.29) is 35.6 Å².